The molecule has 0 spiro atoms. The molecule has 1 unspecified atom stereocenters. The summed E-state index contributed by atoms with van der Waals surface area (Å²) in [6.45, 7) is 0.427. The lowest BCUT2D eigenvalue weighted by atomic mass is 10.1. The van der Waals surface area contributed by atoms with Crippen LogP contribution in [0.4, 0.5) is 9.18 Å². The third-order valence-corrected chi connectivity index (χ3v) is 4.43. The van der Waals surface area contributed by atoms with Crippen molar-refractivity contribution >= 4 is 17.6 Å². The molecule has 0 saturated carbocycles. The predicted octanol–water partition coefficient (Wildman–Crippen LogP) is 3.84. The molecular weight excluding hydrogens is 367 g/mol. The Morgan fingerprint density at radius 2 is 2.07 bits per heavy atom. The highest BCUT2D eigenvalue weighted by Gasteiger charge is 2.23. The summed E-state index contributed by atoms with van der Waals surface area (Å²) < 4.78 is 16.1. The standard InChI is InChI=1S/C20H20ClFN4O/c1-26-12-11-23-19(26)18(16-7-2-3-8-17(16)22)25-20(27)24-10-9-14-5-4-6-15(21)13-14/h2-8,11-13,18H,9-10H2,1H3,(H2,24,25,27). The second-order valence-electron chi connectivity index (χ2n) is 6.13. The summed E-state index contributed by atoms with van der Waals surface area (Å²) in [4.78, 5) is 16.7. The van der Waals surface area contributed by atoms with E-state index in [-0.39, 0.29) is 0 Å². The molecule has 140 valence electrons. The molecule has 0 fully saturated rings. The maximum Gasteiger partial charge on any atom is 0.315 e. The molecule has 7 heteroatoms. The lowest BCUT2D eigenvalue weighted by molar-refractivity contribution is 0.238. The van der Waals surface area contributed by atoms with Crippen LogP contribution < -0.4 is 10.6 Å². The van der Waals surface area contributed by atoms with Gasteiger partial charge in [0.15, 0.2) is 0 Å². The molecule has 27 heavy (non-hydrogen) atoms. The van der Waals surface area contributed by atoms with Gasteiger partial charge in [0.2, 0.25) is 0 Å². The molecule has 2 amide bonds. The molecule has 0 bridgehead atoms. The number of carbonyl (C=O) groups excluding carboxylic acids is 1. The van der Waals surface area contributed by atoms with Crippen molar-refractivity contribution in [3.05, 3.63) is 88.7 Å². The first-order valence-electron chi connectivity index (χ1n) is 8.55. The number of rotatable bonds is 6. The predicted molar refractivity (Wildman–Crippen MR) is 103 cm³/mol. The highest BCUT2D eigenvalue weighted by Crippen LogP contribution is 2.22. The molecule has 3 aromatic rings. The number of hydrogen-bond acceptors (Lipinski definition) is 2. The number of amides is 2. The Labute approximate surface area is 162 Å². The van der Waals surface area contributed by atoms with Gasteiger partial charge in [0.05, 0.1) is 0 Å². The molecule has 0 saturated heterocycles. The van der Waals surface area contributed by atoms with E-state index in [1.165, 1.54) is 6.07 Å². The summed E-state index contributed by atoms with van der Waals surface area (Å²) in [6, 6.07) is 12.7. The fourth-order valence-electron chi connectivity index (χ4n) is 2.84. The number of nitrogens with one attached hydrogen (secondary N) is 2. The van der Waals surface area contributed by atoms with Crippen LogP contribution in [-0.2, 0) is 13.5 Å². The molecule has 1 atom stereocenters. The smallest absolute Gasteiger partial charge is 0.315 e. The monoisotopic (exact) mass is 386 g/mol. The number of benzene rings is 2. The number of imidazole rings is 1. The van der Waals surface area contributed by atoms with Gasteiger partial charge < -0.3 is 15.2 Å². The molecule has 0 aliphatic heterocycles. The molecule has 3 rings (SSSR count). The largest absolute Gasteiger partial charge is 0.338 e. The van der Waals surface area contributed by atoms with Gasteiger partial charge in [-0.25, -0.2) is 14.2 Å². The van der Waals surface area contributed by atoms with E-state index < -0.39 is 17.9 Å². The number of halogens is 2. The quantitative estimate of drug-likeness (QED) is 0.676. The van der Waals surface area contributed by atoms with Crippen molar-refractivity contribution < 1.29 is 9.18 Å². The van der Waals surface area contributed by atoms with E-state index in [4.69, 9.17) is 11.6 Å². The van der Waals surface area contributed by atoms with Crippen LogP contribution in [0.15, 0.2) is 60.9 Å². The van der Waals surface area contributed by atoms with Gasteiger partial charge in [-0.2, -0.15) is 0 Å². The number of aromatic nitrogens is 2. The molecule has 0 aliphatic carbocycles. The van der Waals surface area contributed by atoms with E-state index in [0.717, 1.165) is 5.56 Å². The average Bonchev–Trinajstić information content (AvgIpc) is 3.06. The summed E-state index contributed by atoms with van der Waals surface area (Å²) in [5.74, 6) is 0.148. The topological polar surface area (TPSA) is 59.0 Å². The van der Waals surface area contributed by atoms with Gasteiger partial charge in [-0.3, -0.25) is 0 Å². The normalized spacial score (nSPS) is 11.8. The lowest BCUT2D eigenvalue weighted by Crippen LogP contribution is -2.40. The number of aryl methyl sites for hydroxylation is 1. The van der Waals surface area contributed by atoms with E-state index in [0.29, 0.717) is 29.4 Å². The molecule has 0 aliphatic rings. The van der Waals surface area contributed by atoms with Crippen LogP contribution in [0.25, 0.3) is 0 Å². The van der Waals surface area contributed by atoms with Crippen LogP contribution in [0.5, 0.6) is 0 Å². The Kier molecular flexibility index (Phi) is 6.08. The summed E-state index contributed by atoms with van der Waals surface area (Å²) in [5.41, 5.74) is 1.38. The minimum absolute atomic E-state index is 0.358. The highest BCUT2D eigenvalue weighted by atomic mass is 35.5. The number of hydrogen-bond donors (Lipinski definition) is 2. The van der Waals surface area contributed by atoms with E-state index in [1.54, 1.807) is 48.3 Å². The molecule has 2 N–H and O–H groups in total. The van der Waals surface area contributed by atoms with E-state index in [1.807, 2.05) is 18.2 Å². The summed E-state index contributed by atoms with van der Waals surface area (Å²) >= 11 is 5.97. The summed E-state index contributed by atoms with van der Waals surface area (Å²) in [6.07, 6.45) is 4.00. The molecule has 1 aromatic heterocycles. The SMILES string of the molecule is Cn1ccnc1C(NC(=O)NCCc1cccc(Cl)c1)c1ccccc1F. The van der Waals surface area contributed by atoms with Gasteiger partial charge in [-0.1, -0.05) is 41.9 Å². The fraction of sp³-hybridized carbons (Fsp3) is 0.200. The van der Waals surface area contributed by atoms with Crippen molar-refractivity contribution in [2.24, 2.45) is 7.05 Å². The van der Waals surface area contributed by atoms with Crippen molar-refractivity contribution in [1.29, 1.82) is 0 Å². The van der Waals surface area contributed by atoms with Gasteiger partial charge in [-0.15, -0.1) is 0 Å². The third-order valence-electron chi connectivity index (χ3n) is 4.20. The zero-order valence-corrected chi connectivity index (χ0v) is 15.6. The van der Waals surface area contributed by atoms with E-state index >= 15 is 0 Å². The lowest BCUT2D eigenvalue weighted by Gasteiger charge is -2.20. The van der Waals surface area contributed by atoms with Crippen LogP contribution in [-0.4, -0.2) is 22.1 Å². The van der Waals surface area contributed by atoms with Crippen molar-refractivity contribution in [3.8, 4) is 0 Å². The molecular formula is C20H20ClFN4O. The van der Waals surface area contributed by atoms with Crippen molar-refractivity contribution in [3.63, 3.8) is 0 Å². The Bertz CT molecular complexity index is 928. The van der Waals surface area contributed by atoms with Crippen LogP contribution in [0.1, 0.15) is 23.0 Å². The molecule has 2 aromatic carbocycles. The Hall–Kier alpha value is -2.86. The first-order valence-corrected chi connectivity index (χ1v) is 8.93. The fourth-order valence-corrected chi connectivity index (χ4v) is 3.05. The second-order valence-corrected chi connectivity index (χ2v) is 6.57. The second kappa shape index (κ2) is 8.68. The molecule has 0 radical (unpaired) electrons. The van der Waals surface area contributed by atoms with Gasteiger partial charge in [0, 0.05) is 36.6 Å². The van der Waals surface area contributed by atoms with E-state index in [2.05, 4.69) is 15.6 Å². The van der Waals surface area contributed by atoms with Crippen LogP contribution in [0.2, 0.25) is 5.02 Å². The van der Waals surface area contributed by atoms with Crippen molar-refractivity contribution in [1.82, 2.24) is 20.2 Å². The Balaban J connectivity index is 1.68. The molecule has 5 nitrogen and oxygen atoms in total. The number of urea groups is 1. The first-order chi connectivity index (χ1) is 13.0. The number of carbonyl (C=O) groups is 1. The van der Waals surface area contributed by atoms with E-state index in [9.17, 15) is 9.18 Å². The maximum absolute atomic E-state index is 14.3. The van der Waals surface area contributed by atoms with Crippen LogP contribution in [0, 0.1) is 5.82 Å². The van der Waals surface area contributed by atoms with Gasteiger partial charge >= 0.3 is 6.03 Å². The van der Waals surface area contributed by atoms with Crippen LogP contribution >= 0.6 is 11.6 Å². The average molecular weight is 387 g/mol. The Morgan fingerprint density at radius 1 is 1.26 bits per heavy atom. The maximum atomic E-state index is 14.3. The Morgan fingerprint density at radius 3 is 2.78 bits per heavy atom. The van der Waals surface area contributed by atoms with Crippen molar-refractivity contribution in [2.75, 3.05) is 6.54 Å². The zero-order valence-electron chi connectivity index (χ0n) is 14.8. The molecule has 1 heterocycles. The van der Waals surface area contributed by atoms with Gasteiger partial charge in [0.1, 0.15) is 17.7 Å². The number of nitrogens with zero attached hydrogens (tertiary/aromatic N) is 2. The minimum Gasteiger partial charge on any atom is -0.338 e. The zero-order chi connectivity index (χ0) is 19.2. The first kappa shape index (κ1) is 18.9. The van der Waals surface area contributed by atoms with Crippen LogP contribution in [0.3, 0.4) is 0 Å². The summed E-state index contributed by atoms with van der Waals surface area (Å²) in [7, 11) is 1.80. The highest BCUT2D eigenvalue weighted by molar-refractivity contribution is 6.30. The summed E-state index contributed by atoms with van der Waals surface area (Å²) in [5, 5.41) is 6.27. The van der Waals surface area contributed by atoms with Gasteiger partial charge in [0.25, 0.3) is 0 Å². The minimum atomic E-state index is -0.697. The van der Waals surface area contributed by atoms with Gasteiger partial charge in [-0.05, 0) is 30.2 Å². The third kappa shape index (κ3) is 4.86. The van der Waals surface area contributed by atoms with Crippen molar-refractivity contribution in [2.45, 2.75) is 12.5 Å².